The fraction of sp³-hybridized carbons (Fsp3) is 0.889. The molecule has 0 radical (unpaired) electrons. The Hall–Kier alpha value is -1.19. The third kappa shape index (κ3) is 4.89. The largest absolute Gasteiger partial charge is 0.465 e. The molecule has 8 heteroatoms. The Bertz CT molecular complexity index is 805. The number of hydrogen-bond donors (Lipinski definition) is 1. The number of ether oxygens (including phenoxy) is 4. The van der Waals surface area contributed by atoms with E-state index < -0.39 is 6.09 Å². The van der Waals surface area contributed by atoms with Gasteiger partial charge in [-0.15, -0.1) is 0 Å². The summed E-state index contributed by atoms with van der Waals surface area (Å²) in [6, 6.07) is -0.0179. The summed E-state index contributed by atoms with van der Waals surface area (Å²) in [6.45, 7) is 12.4. The molecule has 1 saturated carbocycles. The maximum absolute atomic E-state index is 12.3. The smallest absolute Gasteiger partial charge is 0.407 e. The van der Waals surface area contributed by atoms with Gasteiger partial charge in [0.25, 0.3) is 0 Å². The van der Waals surface area contributed by atoms with E-state index in [9.17, 15) is 9.90 Å². The summed E-state index contributed by atoms with van der Waals surface area (Å²) >= 11 is 0. The fourth-order valence-electron chi connectivity index (χ4n) is 7.56. The molecule has 0 aromatic rings. The van der Waals surface area contributed by atoms with E-state index in [0.29, 0.717) is 12.5 Å². The van der Waals surface area contributed by atoms with Gasteiger partial charge in [0, 0.05) is 44.6 Å². The third-order valence-electron chi connectivity index (χ3n) is 9.53. The predicted molar refractivity (Wildman–Crippen MR) is 132 cm³/mol. The maximum atomic E-state index is 12.3. The van der Waals surface area contributed by atoms with E-state index in [1.165, 1.54) is 5.57 Å². The molecule has 1 aliphatic carbocycles. The van der Waals surface area contributed by atoms with Gasteiger partial charge in [-0.3, -0.25) is 4.90 Å². The summed E-state index contributed by atoms with van der Waals surface area (Å²) in [5, 5.41) is 10.1. The lowest BCUT2D eigenvalue weighted by Gasteiger charge is -2.47. The minimum Gasteiger partial charge on any atom is -0.465 e. The van der Waals surface area contributed by atoms with Crippen molar-refractivity contribution in [3.8, 4) is 0 Å². The van der Waals surface area contributed by atoms with Crippen molar-refractivity contribution in [3.63, 3.8) is 0 Å². The third-order valence-corrected chi connectivity index (χ3v) is 9.53. The molecule has 5 rings (SSSR count). The van der Waals surface area contributed by atoms with Crippen LogP contribution in [0.3, 0.4) is 0 Å². The van der Waals surface area contributed by atoms with Gasteiger partial charge in [-0.25, -0.2) is 4.79 Å². The van der Waals surface area contributed by atoms with Gasteiger partial charge in [0.1, 0.15) is 5.60 Å². The van der Waals surface area contributed by atoms with Gasteiger partial charge >= 0.3 is 6.09 Å². The van der Waals surface area contributed by atoms with Crippen molar-refractivity contribution in [2.24, 2.45) is 17.8 Å². The summed E-state index contributed by atoms with van der Waals surface area (Å²) in [5.74, 6) is 0.615. The van der Waals surface area contributed by atoms with Gasteiger partial charge in [0.05, 0.1) is 37.6 Å². The Balaban J connectivity index is 1.36. The van der Waals surface area contributed by atoms with E-state index >= 15 is 0 Å². The Morgan fingerprint density at radius 1 is 1.20 bits per heavy atom. The molecule has 0 aromatic heterocycles. The van der Waals surface area contributed by atoms with Crippen LogP contribution >= 0.6 is 0 Å². The quantitative estimate of drug-likeness (QED) is 0.410. The number of nitrogens with zero attached hydrogens (tertiary/aromatic N) is 2. The molecular formula is C27H44N2O6. The summed E-state index contributed by atoms with van der Waals surface area (Å²) in [5.41, 5.74) is 0.829. The molecule has 1 amide bonds. The zero-order valence-corrected chi connectivity index (χ0v) is 21.9. The molecule has 0 bridgehead atoms. The summed E-state index contributed by atoms with van der Waals surface area (Å²) in [4.78, 5) is 16.5. The molecule has 1 N–H and O–H groups in total. The molecular weight excluding hydrogens is 448 g/mol. The normalized spacial score (nSPS) is 43.4. The van der Waals surface area contributed by atoms with Crippen molar-refractivity contribution in [2.75, 3.05) is 53.1 Å². The van der Waals surface area contributed by atoms with Gasteiger partial charge < -0.3 is 29.0 Å². The Morgan fingerprint density at radius 2 is 1.94 bits per heavy atom. The van der Waals surface area contributed by atoms with E-state index in [1.54, 1.807) is 12.0 Å². The second-order valence-corrected chi connectivity index (χ2v) is 11.8. The zero-order valence-electron chi connectivity index (χ0n) is 21.9. The van der Waals surface area contributed by atoms with Gasteiger partial charge in [-0.05, 0) is 65.3 Å². The van der Waals surface area contributed by atoms with Crippen LogP contribution in [0.1, 0.15) is 52.9 Å². The molecule has 1 spiro atoms. The number of methoxy groups -OCH3 is 1. The minimum atomic E-state index is -0.798. The first-order valence-corrected chi connectivity index (χ1v) is 13.6. The van der Waals surface area contributed by atoms with Crippen molar-refractivity contribution in [3.05, 3.63) is 11.6 Å². The van der Waals surface area contributed by atoms with Crippen LogP contribution < -0.4 is 0 Å². The first-order valence-electron chi connectivity index (χ1n) is 13.6. The van der Waals surface area contributed by atoms with Crippen LogP contribution in [-0.4, -0.2) is 104 Å². The van der Waals surface area contributed by atoms with Crippen LogP contribution in [0.2, 0.25) is 0 Å². The Labute approximate surface area is 209 Å². The minimum absolute atomic E-state index is 0.0179. The number of rotatable bonds is 8. The monoisotopic (exact) mass is 492 g/mol. The van der Waals surface area contributed by atoms with Crippen LogP contribution in [0.15, 0.2) is 11.6 Å². The van der Waals surface area contributed by atoms with Crippen LogP contribution in [0, 0.1) is 17.8 Å². The predicted octanol–water partition coefficient (Wildman–Crippen LogP) is 3.40. The van der Waals surface area contributed by atoms with Crippen molar-refractivity contribution >= 4 is 6.09 Å². The number of morpholine rings is 1. The van der Waals surface area contributed by atoms with Gasteiger partial charge in [-0.1, -0.05) is 11.6 Å². The second kappa shape index (κ2) is 9.93. The Morgan fingerprint density at radius 3 is 2.57 bits per heavy atom. The van der Waals surface area contributed by atoms with Crippen LogP contribution in [0.25, 0.3) is 0 Å². The number of hydrogen-bond acceptors (Lipinski definition) is 6. The molecule has 4 aliphatic heterocycles. The molecule has 5 fully saturated rings. The average Bonchev–Trinajstić information content (AvgIpc) is 3.70. The van der Waals surface area contributed by atoms with E-state index in [2.05, 4.69) is 31.7 Å². The van der Waals surface area contributed by atoms with Gasteiger partial charge in [0.15, 0.2) is 0 Å². The number of carboxylic acid groups (broad SMARTS) is 1. The Kier molecular flexibility index (Phi) is 7.23. The van der Waals surface area contributed by atoms with Crippen molar-refractivity contribution in [2.45, 2.75) is 82.3 Å². The summed E-state index contributed by atoms with van der Waals surface area (Å²) < 4.78 is 24.3. The average molecular weight is 493 g/mol. The van der Waals surface area contributed by atoms with Crippen molar-refractivity contribution in [1.29, 1.82) is 0 Å². The zero-order chi connectivity index (χ0) is 24.8. The number of likely N-dealkylation sites (tertiary alicyclic amines) is 1. The van der Waals surface area contributed by atoms with E-state index in [-0.39, 0.29) is 41.3 Å². The number of carbonyl (C=O) groups is 1. The van der Waals surface area contributed by atoms with E-state index in [4.69, 9.17) is 18.9 Å². The molecule has 8 nitrogen and oxygen atoms in total. The highest BCUT2D eigenvalue weighted by atomic mass is 16.6. The molecule has 4 heterocycles. The van der Waals surface area contributed by atoms with Crippen LogP contribution in [0.4, 0.5) is 4.79 Å². The van der Waals surface area contributed by atoms with Crippen molar-refractivity contribution < 1.29 is 28.8 Å². The molecule has 4 saturated heterocycles. The number of allylic oxidation sites excluding steroid dienone is 1. The number of amides is 1. The fourth-order valence-corrected chi connectivity index (χ4v) is 7.56. The highest BCUT2D eigenvalue weighted by molar-refractivity contribution is 5.66. The van der Waals surface area contributed by atoms with Gasteiger partial charge in [-0.2, -0.15) is 0 Å². The first-order chi connectivity index (χ1) is 16.8. The lowest BCUT2D eigenvalue weighted by Crippen LogP contribution is -2.58. The lowest BCUT2D eigenvalue weighted by atomic mass is 9.62. The molecule has 1 unspecified atom stereocenters. The van der Waals surface area contributed by atoms with Crippen molar-refractivity contribution in [1.82, 2.24) is 9.80 Å². The maximum Gasteiger partial charge on any atom is 0.407 e. The second-order valence-electron chi connectivity index (χ2n) is 11.8. The van der Waals surface area contributed by atoms with Crippen LogP contribution in [0.5, 0.6) is 0 Å². The van der Waals surface area contributed by atoms with Gasteiger partial charge in [0.2, 0.25) is 0 Å². The highest BCUT2D eigenvalue weighted by Gasteiger charge is 2.72. The molecule has 35 heavy (non-hydrogen) atoms. The standard InChI is InChI=1S/C27H44N2O6/c1-18(2)5-6-21-26(3,35-21)24-23(32-4)20(7-10-27(24)17-34-27)22-19(9-12-29(22)25(30)31)8-11-28-13-15-33-16-14-28/h5,19-24H,6-17H2,1-4H3,(H,30,31)/t19-,20-,21-,22+,23+,24-,26+,27?/m1/s1. The summed E-state index contributed by atoms with van der Waals surface area (Å²) in [6.07, 6.45) is 6.28. The number of epoxide rings is 2. The molecule has 5 aliphatic rings. The van der Waals surface area contributed by atoms with E-state index in [0.717, 1.165) is 71.6 Å². The van der Waals surface area contributed by atoms with Crippen LogP contribution in [-0.2, 0) is 18.9 Å². The lowest BCUT2D eigenvalue weighted by molar-refractivity contribution is -0.102. The molecule has 198 valence electrons. The topological polar surface area (TPSA) is 87.3 Å². The SMILES string of the molecule is CO[C@H]1[C@@H]([C@@H]2[C@H](CCN3CCOCC3)CCN2C(=O)O)CCC2(CO2)[C@H]1[C@@]1(C)O[C@@H]1CC=C(C)C. The molecule has 0 aromatic carbocycles. The molecule has 8 atom stereocenters. The first kappa shape index (κ1) is 25.5. The van der Waals surface area contributed by atoms with E-state index in [1.807, 2.05) is 0 Å². The summed E-state index contributed by atoms with van der Waals surface area (Å²) in [7, 11) is 1.80. The highest BCUT2D eigenvalue weighted by Crippen LogP contribution is 2.61.